The molecule has 0 atom stereocenters. The SMILES string of the molecule is CCc1ccccc1NC(=O)CN1CCN(C(=O)Cn2c(=O)oc3ccccc32)CC1. The van der Waals surface area contributed by atoms with E-state index in [0.717, 1.165) is 17.7 Å². The molecule has 1 saturated heterocycles. The third-order valence-corrected chi connectivity index (χ3v) is 5.63. The van der Waals surface area contributed by atoms with Gasteiger partial charge in [0.25, 0.3) is 0 Å². The van der Waals surface area contributed by atoms with Crippen molar-refractivity contribution in [1.29, 1.82) is 0 Å². The fourth-order valence-corrected chi connectivity index (χ4v) is 3.90. The first-order chi connectivity index (χ1) is 15.0. The summed E-state index contributed by atoms with van der Waals surface area (Å²) in [6.45, 7) is 4.54. The van der Waals surface area contributed by atoms with E-state index >= 15 is 0 Å². The Kier molecular flexibility index (Phi) is 6.18. The molecule has 3 aromatic rings. The maximum absolute atomic E-state index is 12.7. The molecule has 1 N–H and O–H groups in total. The molecule has 2 heterocycles. The van der Waals surface area contributed by atoms with E-state index in [0.29, 0.717) is 37.3 Å². The molecular weight excluding hydrogens is 396 g/mol. The van der Waals surface area contributed by atoms with Crippen LogP contribution in [-0.4, -0.2) is 58.9 Å². The number of aromatic nitrogens is 1. The third kappa shape index (κ3) is 4.69. The Bertz CT molecular complexity index is 1140. The lowest BCUT2D eigenvalue weighted by Crippen LogP contribution is -2.51. The van der Waals surface area contributed by atoms with Gasteiger partial charge >= 0.3 is 5.76 Å². The van der Waals surface area contributed by atoms with Crippen molar-refractivity contribution in [2.45, 2.75) is 19.9 Å². The van der Waals surface area contributed by atoms with E-state index in [-0.39, 0.29) is 24.9 Å². The van der Waals surface area contributed by atoms with Crippen molar-refractivity contribution >= 4 is 28.6 Å². The van der Waals surface area contributed by atoms with Crippen molar-refractivity contribution in [3.8, 4) is 0 Å². The second-order valence-corrected chi connectivity index (χ2v) is 7.64. The highest BCUT2D eigenvalue weighted by atomic mass is 16.4. The predicted octanol–water partition coefficient (Wildman–Crippen LogP) is 1.94. The predicted molar refractivity (Wildman–Crippen MR) is 118 cm³/mol. The Morgan fingerprint density at radius 2 is 1.68 bits per heavy atom. The Morgan fingerprint density at radius 1 is 0.968 bits per heavy atom. The van der Waals surface area contributed by atoms with Gasteiger partial charge in [0.15, 0.2) is 5.58 Å². The summed E-state index contributed by atoms with van der Waals surface area (Å²) in [5, 5.41) is 2.99. The number of benzene rings is 2. The van der Waals surface area contributed by atoms with Crippen LogP contribution in [0.4, 0.5) is 5.69 Å². The molecule has 4 rings (SSSR count). The molecule has 1 aliphatic heterocycles. The van der Waals surface area contributed by atoms with Crippen LogP contribution in [0.2, 0.25) is 0 Å². The van der Waals surface area contributed by atoms with Crippen molar-refractivity contribution in [2.24, 2.45) is 0 Å². The first-order valence-electron chi connectivity index (χ1n) is 10.5. The van der Waals surface area contributed by atoms with Crippen LogP contribution in [0, 0.1) is 0 Å². The number of para-hydroxylation sites is 3. The summed E-state index contributed by atoms with van der Waals surface area (Å²) >= 11 is 0. The number of nitrogens with zero attached hydrogens (tertiary/aromatic N) is 3. The van der Waals surface area contributed by atoms with Gasteiger partial charge in [0, 0.05) is 31.9 Å². The molecule has 0 radical (unpaired) electrons. The van der Waals surface area contributed by atoms with Crippen molar-refractivity contribution in [1.82, 2.24) is 14.4 Å². The highest BCUT2D eigenvalue weighted by Gasteiger charge is 2.24. The average Bonchev–Trinajstić information content (AvgIpc) is 3.09. The lowest BCUT2D eigenvalue weighted by Gasteiger charge is -2.34. The first kappa shape index (κ1) is 20.9. The maximum atomic E-state index is 12.7. The largest absolute Gasteiger partial charge is 0.420 e. The van der Waals surface area contributed by atoms with Crippen LogP contribution in [0.1, 0.15) is 12.5 Å². The zero-order valence-electron chi connectivity index (χ0n) is 17.5. The Labute approximate surface area is 180 Å². The molecule has 0 saturated carbocycles. The number of anilines is 1. The van der Waals surface area contributed by atoms with E-state index in [2.05, 4.69) is 12.2 Å². The zero-order valence-corrected chi connectivity index (χ0v) is 17.5. The quantitative estimate of drug-likeness (QED) is 0.656. The highest BCUT2D eigenvalue weighted by Crippen LogP contribution is 2.16. The van der Waals surface area contributed by atoms with Crippen LogP contribution in [0.5, 0.6) is 0 Å². The molecule has 0 bridgehead atoms. The molecule has 0 unspecified atom stereocenters. The normalized spacial score (nSPS) is 14.7. The summed E-state index contributed by atoms with van der Waals surface area (Å²) in [5.74, 6) is -0.719. The summed E-state index contributed by atoms with van der Waals surface area (Å²) in [6.07, 6.45) is 0.853. The maximum Gasteiger partial charge on any atom is 0.420 e. The molecule has 0 spiro atoms. The second kappa shape index (κ2) is 9.18. The molecule has 8 nitrogen and oxygen atoms in total. The lowest BCUT2D eigenvalue weighted by molar-refractivity contribution is -0.133. The van der Waals surface area contributed by atoms with Crippen molar-refractivity contribution < 1.29 is 14.0 Å². The van der Waals surface area contributed by atoms with Crippen LogP contribution in [0.15, 0.2) is 57.7 Å². The van der Waals surface area contributed by atoms with Gasteiger partial charge in [-0.3, -0.25) is 19.1 Å². The van der Waals surface area contributed by atoms with Gasteiger partial charge in [-0.05, 0) is 30.2 Å². The molecule has 0 aliphatic carbocycles. The summed E-state index contributed by atoms with van der Waals surface area (Å²) < 4.78 is 6.56. The topological polar surface area (TPSA) is 87.8 Å². The van der Waals surface area contributed by atoms with Crippen molar-refractivity contribution in [2.75, 3.05) is 38.0 Å². The number of nitrogens with one attached hydrogen (secondary N) is 1. The molecular formula is C23H26N4O4. The fraction of sp³-hybridized carbons (Fsp3) is 0.348. The number of carbonyl (C=O) groups is 2. The minimum absolute atomic E-state index is 0.0515. The summed E-state index contributed by atoms with van der Waals surface area (Å²) in [7, 11) is 0. The first-order valence-corrected chi connectivity index (χ1v) is 10.5. The highest BCUT2D eigenvalue weighted by molar-refractivity contribution is 5.93. The van der Waals surface area contributed by atoms with Gasteiger partial charge in [-0.15, -0.1) is 0 Å². The van der Waals surface area contributed by atoms with Gasteiger partial charge < -0.3 is 14.6 Å². The van der Waals surface area contributed by atoms with Crippen LogP contribution in [-0.2, 0) is 22.6 Å². The number of amides is 2. The second-order valence-electron chi connectivity index (χ2n) is 7.64. The van der Waals surface area contributed by atoms with E-state index in [1.54, 1.807) is 29.2 Å². The number of hydrogen-bond donors (Lipinski definition) is 1. The number of hydrogen-bond acceptors (Lipinski definition) is 5. The molecule has 1 aromatic heterocycles. The molecule has 2 aromatic carbocycles. The average molecular weight is 422 g/mol. The lowest BCUT2D eigenvalue weighted by atomic mass is 10.1. The number of fused-ring (bicyclic) bond motifs is 1. The van der Waals surface area contributed by atoms with E-state index in [1.165, 1.54) is 4.57 Å². The standard InChI is InChI=1S/C23H26N4O4/c1-2-17-7-3-4-8-18(17)24-21(28)15-25-11-13-26(14-12-25)22(29)16-27-19-9-5-6-10-20(19)31-23(27)30/h3-10H,2,11-16H2,1H3,(H,24,28). The van der Waals surface area contributed by atoms with E-state index in [4.69, 9.17) is 4.42 Å². The number of oxazole rings is 1. The van der Waals surface area contributed by atoms with E-state index in [1.807, 2.05) is 29.2 Å². The van der Waals surface area contributed by atoms with Gasteiger partial charge in [-0.2, -0.15) is 0 Å². The third-order valence-electron chi connectivity index (χ3n) is 5.63. The summed E-state index contributed by atoms with van der Waals surface area (Å²) in [5.41, 5.74) is 3.04. The van der Waals surface area contributed by atoms with Gasteiger partial charge in [-0.1, -0.05) is 37.3 Å². The van der Waals surface area contributed by atoms with Crippen LogP contribution in [0.3, 0.4) is 0 Å². The number of piperazine rings is 1. The Balaban J connectivity index is 1.30. The molecule has 1 aliphatic rings. The van der Waals surface area contributed by atoms with Crippen molar-refractivity contribution in [3.05, 3.63) is 64.6 Å². The van der Waals surface area contributed by atoms with Gasteiger partial charge in [0.05, 0.1) is 12.1 Å². The van der Waals surface area contributed by atoms with E-state index < -0.39 is 5.76 Å². The molecule has 8 heteroatoms. The Hall–Kier alpha value is -3.39. The van der Waals surface area contributed by atoms with Crippen LogP contribution >= 0.6 is 0 Å². The minimum Gasteiger partial charge on any atom is -0.408 e. The van der Waals surface area contributed by atoms with Crippen LogP contribution < -0.4 is 11.1 Å². The Morgan fingerprint density at radius 3 is 2.45 bits per heavy atom. The van der Waals surface area contributed by atoms with Crippen LogP contribution in [0.25, 0.3) is 11.1 Å². The molecule has 1 fully saturated rings. The number of aryl methyl sites for hydroxylation is 1. The minimum atomic E-state index is -0.530. The molecule has 162 valence electrons. The van der Waals surface area contributed by atoms with Gasteiger partial charge in [0.2, 0.25) is 11.8 Å². The molecule has 31 heavy (non-hydrogen) atoms. The smallest absolute Gasteiger partial charge is 0.408 e. The number of rotatable bonds is 6. The van der Waals surface area contributed by atoms with E-state index in [9.17, 15) is 14.4 Å². The van der Waals surface area contributed by atoms with Gasteiger partial charge in [-0.25, -0.2) is 4.79 Å². The zero-order chi connectivity index (χ0) is 21.8. The monoisotopic (exact) mass is 422 g/mol. The molecule has 2 amide bonds. The van der Waals surface area contributed by atoms with Crippen molar-refractivity contribution in [3.63, 3.8) is 0 Å². The number of carbonyl (C=O) groups excluding carboxylic acids is 2. The summed E-state index contributed by atoms with van der Waals surface area (Å²) in [4.78, 5) is 41.0. The summed E-state index contributed by atoms with van der Waals surface area (Å²) in [6, 6.07) is 14.9. The van der Waals surface area contributed by atoms with Gasteiger partial charge in [0.1, 0.15) is 6.54 Å². The fourth-order valence-electron chi connectivity index (χ4n) is 3.90.